The fourth-order valence-electron chi connectivity index (χ4n) is 2.40. The van der Waals surface area contributed by atoms with Gasteiger partial charge in [0.25, 0.3) is 0 Å². The lowest BCUT2D eigenvalue weighted by Crippen LogP contribution is -2.34. The van der Waals surface area contributed by atoms with Gasteiger partial charge in [0.2, 0.25) is 5.76 Å². The zero-order valence-corrected chi connectivity index (χ0v) is 16.8. The Hall–Kier alpha value is -1.72. The molecule has 0 radical (unpaired) electrons. The van der Waals surface area contributed by atoms with E-state index in [1.54, 1.807) is 0 Å². The van der Waals surface area contributed by atoms with Crippen molar-refractivity contribution in [3.05, 3.63) is 56.3 Å². The van der Waals surface area contributed by atoms with E-state index < -0.39 is 32.6 Å². The molecule has 0 amide bonds. The van der Waals surface area contributed by atoms with Crippen LogP contribution in [0.3, 0.4) is 0 Å². The number of cyclic esters (lactones) is 1. The summed E-state index contributed by atoms with van der Waals surface area (Å²) in [5, 5.41) is 16.9. The molecule has 9 nitrogen and oxygen atoms in total. The number of ether oxygens (including phenoxy) is 3. The number of phosphoric acid groups is 1. The lowest BCUT2D eigenvalue weighted by molar-refractivity contribution is -0.148. The molecule has 0 aliphatic carbocycles. The van der Waals surface area contributed by atoms with Crippen molar-refractivity contribution >= 4 is 36.5 Å². The van der Waals surface area contributed by atoms with Crippen molar-refractivity contribution in [2.75, 3.05) is 6.61 Å². The van der Waals surface area contributed by atoms with Gasteiger partial charge in [0.15, 0.2) is 11.9 Å². The Balaban J connectivity index is 1.84. The van der Waals surface area contributed by atoms with Gasteiger partial charge >= 0.3 is 13.8 Å². The van der Waals surface area contributed by atoms with Crippen LogP contribution in [0.5, 0.6) is 0 Å². The van der Waals surface area contributed by atoms with Crippen LogP contribution in [0, 0.1) is 0 Å². The first-order chi connectivity index (χ1) is 13.4. The predicted octanol–water partition coefficient (Wildman–Crippen LogP) is 2.15. The molecule has 1 aliphatic rings. The molecule has 0 saturated heterocycles. The topological polar surface area (TPSA) is 132 Å². The Kier molecular flexibility index (Phi) is 6.89. The van der Waals surface area contributed by atoms with Gasteiger partial charge in [-0.1, -0.05) is 0 Å². The summed E-state index contributed by atoms with van der Waals surface area (Å²) in [6, 6.07) is 3.64. The van der Waals surface area contributed by atoms with Gasteiger partial charge in [-0.3, -0.25) is 4.52 Å². The Morgan fingerprint density at radius 2 is 1.71 bits per heavy atom. The SMILES string of the molecule is O=C1OC(C(CO)OP(=O)(O)O)C(OCc2ccsc2)=C1OCc1ccsc1. The minimum absolute atomic E-state index is 0.0747. The van der Waals surface area contributed by atoms with Crippen LogP contribution in [0.25, 0.3) is 0 Å². The molecule has 2 atom stereocenters. The number of rotatable bonds is 10. The number of carbonyl (C=O) groups excluding carboxylic acids is 1. The van der Waals surface area contributed by atoms with E-state index in [4.69, 9.17) is 24.0 Å². The molecular weight excluding hydrogens is 431 g/mol. The minimum atomic E-state index is -4.95. The molecule has 2 unspecified atom stereocenters. The van der Waals surface area contributed by atoms with Gasteiger partial charge in [-0.15, -0.1) is 0 Å². The Labute approximate surface area is 168 Å². The van der Waals surface area contributed by atoms with E-state index in [0.29, 0.717) is 0 Å². The summed E-state index contributed by atoms with van der Waals surface area (Å²) in [5.41, 5.74) is 1.65. The fourth-order valence-corrected chi connectivity index (χ4v) is 4.24. The average molecular weight is 448 g/mol. The monoisotopic (exact) mass is 448 g/mol. The zero-order valence-electron chi connectivity index (χ0n) is 14.3. The molecule has 3 N–H and O–H groups in total. The van der Waals surface area contributed by atoms with E-state index in [1.165, 1.54) is 22.7 Å². The highest BCUT2D eigenvalue weighted by molar-refractivity contribution is 7.46. The summed E-state index contributed by atoms with van der Waals surface area (Å²) in [6.45, 7) is -0.660. The van der Waals surface area contributed by atoms with Gasteiger partial charge < -0.3 is 29.1 Å². The van der Waals surface area contributed by atoms with Crippen molar-refractivity contribution in [3.63, 3.8) is 0 Å². The normalized spacial score (nSPS) is 18.2. The Bertz CT molecular complexity index is 857. The van der Waals surface area contributed by atoms with E-state index in [2.05, 4.69) is 4.52 Å². The molecule has 0 saturated carbocycles. The number of carbonyl (C=O) groups is 1. The molecular formula is C16H17O9PS2. The highest BCUT2D eigenvalue weighted by Crippen LogP contribution is 2.41. The highest BCUT2D eigenvalue weighted by Gasteiger charge is 2.45. The number of hydrogen-bond acceptors (Lipinski definition) is 9. The number of esters is 1. The quantitative estimate of drug-likeness (QED) is 0.369. The molecule has 0 fully saturated rings. The number of aliphatic hydroxyl groups is 1. The number of hydrogen-bond donors (Lipinski definition) is 3. The third-order valence-electron chi connectivity index (χ3n) is 3.63. The van der Waals surface area contributed by atoms with Crippen LogP contribution >= 0.6 is 30.5 Å². The van der Waals surface area contributed by atoms with Crippen LogP contribution in [0.4, 0.5) is 0 Å². The number of aliphatic hydroxyl groups excluding tert-OH is 1. The minimum Gasteiger partial charge on any atom is -0.485 e. The van der Waals surface area contributed by atoms with Crippen LogP contribution in [0.2, 0.25) is 0 Å². The molecule has 28 heavy (non-hydrogen) atoms. The summed E-state index contributed by atoms with van der Waals surface area (Å²) < 4.78 is 32.1. The lowest BCUT2D eigenvalue weighted by Gasteiger charge is -2.23. The second-order valence-corrected chi connectivity index (χ2v) is 8.43. The predicted molar refractivity (Wildman–Crippen MR) is 99.1 cm³/mol. The number of thiophene rings is 2. The molecule has 1 aliphatic heterocycles. The summed E-state index contributed by atoms with van der Waals surface area (Å²) in [4.78, 5) is 30.4. The van der Waals surface area contributed by atoms with Gasteiger partial charge in [0.05, 0.1) is 6.61 Å². The van der Waals surface area contributed by atoms with Crippen molar-refractivity contribution < 1.29 is 43.0 Å². The molecule has 0 aromatic carbocycles. The van der Waals surface area contributed by atoms with E-state index in [0.717, 1.165) is 11.1 Å². The molecule has 3 rings (SSSR count). The first-order valence-electron chi connectivity index (χ1n) is 7.95. The second kappa shape index (κ2) is 9.19. The van der Waals surface area contributed by atoms with Crippen LogP contribution in [0.1, 0.15) is 11.1 Å². The maximum Gasteiger partial charge on any atom is 0.470 e. The summed E-state index contributed by atoms with van der Waals surface area (Å²) in [6.07, 6.45) is -2.88. The van der Waals surface area contributed by atoms with Crippen molar-refractivity contribution in [3.8, 4) is 0 Å². The lowest BCUT2D eigenvalue weighted by atomic mass is 10.2. The average Bonchev–Trinajstić information content (AvgIpc) is 3.37. The first-order valence-corrected chi connectivity index (χ1v) is 11.4. The fraction of sp³-hybridized carbons (Fsp3) is 0.312. The van der Waals surface area contributed by atoms with Gasteiger partial charge in [0.1, 0.15) is 19.3 Å². The van der Waals surface area contributed by atoms with E-state index in [1.807, 2.05) is 33.7 Å². The standard InChI is InChI=1S/C16H17O9PS2/c17-5-12(25-26(19,20)21)13-14(22-6-10-1-3-27-8-10)15(16(18)24-13)23-7-11-2-4-28-9-11/h1-4,8-9,12-13,17H,5-7H2,(H2,19,20,21). The molecule has 2 aromatic rings. The van der Waals surface area contributed by atoms with Crippen LogP contribution < -0.4 is 0 Å². The largest absolute Gasteiger partial charge is 0.485 e. The Morgan fingerprint density at radius 1 is 1.11 bits per heavy atom. The van der Waals surface area contributed by atoms with Gasteiger partial charge in [-0.2, -0.15) is 22.7 Å². The van der Waals surface area contributed by atoms with Gasteiger partial charge in [0, 0.05) is 0 Å². The maximum atomic E-state index is 12.3. The van der Waals surface area contributed by atoms with Crippen molar-refractivity contribution in [2.45, 2.75) is 25.4 Å². The van der Waals surface area contributed by atoms with Gasteiger partial charge in [-0.05, 0) is 44.8 Å². The van der Waals surface area contributed by atoms with Crippen LogP contribution in [-0.4, -0.2) is 39.7 Å². The van der Waals surface area contributed by atoms with E-state index in [-0.39, 0.29) is 24.7 Å². The smallest absolute Gasteiger partial charge is 0.470 e. The first kappa shape index (κ1) is 21.0. The summed E-state index contributed by atoms with van der Waals surface area (Å²) in [5.74, 6) is -1.17. The second-order valence-electron chi connectivity index (χ2n) is 5.68. The zero-order chi connectivity index (χ0) is 20.1. The molecule has 12 heteroatoms. The highest BCUT2D eigenvalue weighted by atomic mass is 32.1. The maximum absolute atomic E-state index is 12.3. The van der Waals surface area contributed by atoms with Crippen molar-refractivity contribution in [1.29, 1.82) is 0 Å². The summed E-state index contributed by atoms with van der Waals surface area (Å²) in [7, 11) is -4.95. The van der Waals surface area contributed by atoms with Crippen LogP contribution in [0.15, 0.2) is 45.2 Å². The third kappa shape index (κ3) is 5.42. The number of phosphoric ester groups is 1. The van der Waals surface area contributed by atoms with Crippen molar-refractivity contribution in [1.82, 2.24) is 0 Å². The Morgan fingerprint density at radius 3 is 2.21 bits per heavy atom. The molecule has 0 bridgehead atoms. The molecule has 0 spiro atoms. The van der Waals surface area contributed by atoms with E-state index in [9.17, 15) is 14.5 Å². The van der Waals surface area contributed by atoms with Crippen LogP contribution in [-0.2, 0) is 41.3 Å². The molecule has 152 valence electrons. The van der Waals surface area contributed by atoms with E-state index >= 15 is 0 Å². The molecule has 3 heterocycles. The third-order valence-corrected chi connectivity index (χ3v) is 5.64. The molecule has 2 aromatic heterocycles. The summed E-state index contributed by atoms with van der Waals surface area (Å²) >= 11 is 2.93. The van der Waals surface area contributed by atoms with Gasteiger partial charge in [-0.25, -0.2) is 9.36 Å². The van der Waals surface area contributed by atoms with Crippen molar-refractivity contribution in [2.24, 2.45) is 0 Å².